The Hall–Kier alpha value is -0.200. The van der Waals surface area contributed by atoms with E-state index in [0.717, 1.165) is 9.75 Å². The molecule has 1 aliphatic rings. The number of nitrogens with zero attached hydrogens (tertiary/aromatic N) is 4. The first-order chi connectivity index (χ1) is 6.81. The first-order valence-corrected chi connectivity index (χ1v) is 6.32. The molecule has 0 aromatic carbocycles. The van der Waals surface area contributed by atoms with Gasteiger partial charge in [-0.2, -0.15) is 0 Å². The van der Waals surface area contributed by atoms with Gasteiger partial charge in [0.05, 0.1) is 6.04 Å². The van der Waals surface area contributed by atoms with Crippen molar-refractivity contribution in [3.05, 3.63) is 3.83 Å². The Morgan fingerprint density at radius 3 is 2.57 bits per heavy atom. The lowest BCUT2D eigenvalue weighted by Gasteiger charge is -2.27. The number of aromatic nitrogens is 4. The van der Waals surface area contributed by atoms with Crippen LogP contribution >= 0.6 is 22.6 Å². The molecule has 0 amide bonds. The highest BCUT2D eigenvalue weighted by atomic mass is 127. The van der Waals surface area contributed by atoms with E-state index in [1.54, 1.807) is 0 Å². The molecule has 1 aliphatic carbocycles. The summed E-state index contributed by atoms with van der Waals surface area (Å²) in [4.78, 5) is 0. The van der Waals surface area contributed by atoms with E-state index >= 15 is 0 Å². The molecule has 1 fully saturated rings. The van der Waals surface area contributed by atoms with E-state index in [9.17, 15) is 0 Å². The van der Waals surface area contributed by atoms with Crippen LogP contribution in [0.15, 0.2) is 0 Å². The lowest BCUT2D eigenvalue weighted by Crippen LogP contribution is -2.19. The van der Waals surface area contributed by atoms with Crippen molar-refractivity contribution in [3.8, 4) is 0 Å². The van der Waals surface area contributed by atoms with Gasteiger partial charge in [0.1, 0.15) is 0 Å². The van der Waals surface area contributed by atoms with Crippen LogP contribution in [0, 0.1) is 9.75 Å². The summed E-state index contributed by atoms with van der Waals surface area (Å²) in [5, 5.41) is 11.6. The molecule has 0 spiro atoms. The molecule has 1 saturated carbocycles. The summed E-state index contributed by atoms with van der Waals surface area (Å²) >= 11 is 2.20. The normalized spacial score (nSPS) is 27.9. The van der Waals surface area contributed by atoms with Gasteiger partial charge in [0, 0.05) is 22.6 Å². The third-order valence-electron chi connectivity index (χ3n) is 3.19. The number of hydrogen-bond acceptors (Lipinski definition) is 3. The van der Waals surface area contributed by atoms with Gasteiger partial charge in [-0.15, -0.1) is 5.10 Å². The summed E-state index contributed by atoms with van der Waals surface area (Å²) in [6, 6.07) is 0.541. The molecule has 0 saturated heterocycles. The van der Waals surface area contributed by atoms with Crippen molar-refractivity contribution < 1.29 is 0 Å². The Labute approximate surface area is 97.6 Å². The Morgan fingerprint density at radius 1 is 1.36 bits per heavy atom. The van der Waals surface area contributed by atoms with E-state index in [1.165, 1.54) is 32.1 Å². The molecule has 0 unspecified atom stereocenters. The van der Waals surface area contributed by atoms with Gasteiger partial charge in [0.25, 0.3) is 0 Å². The summed E-state index contributed by atoms with van der Waals surface area (Å²) < 4.78 is 2.90. The number of halogens is 1. The zero-order chi connectivity index (χ0) is 9.97. The van der Waals surface area contributed by atoms with Crippen LogP contribution in [0.5, 0.6) is 0 Å². The minimum Gasteiger partial charge on any atom is -0.218 e. The highest BCUT2D eigenvalue weighted by Crippen LogP contribution is 2.33. The first-order valence-electron chi connectivity index (χ1n) is 5.24. The van der Waals surface area contributed by atoms with E-state index in [1.807, 2.05) is 4.68 Å². The smallest absolute Gasteiger partial charge is 0.212 e. The molecule has 0 atom stereocenters. The minimum atomic E-state index is 0.541. The topological polar surface area (TPSA) is 43.6 Å². The molecule has 14 heavy (non-hydrogen) atoms. The second-order valence-electron chi connectivity index (χ2n) is 3.98. The third-order valence-corrected chi connectivity index (χ3v) is 3.90. The van der Waals surface area contributed by atoms with Gasteiger partial charge in [0.2, 0.25) is 3.83 Å². The summed E-state index contributed by atoms with van der Waals surface area (Å²) in [7, 11) is 0. The SMILES string of the molecule is CCC1CCC(n2nnnc2I)CC1. The molecular formula is C9H15IN4. The maximum Gasteiger partial charge on any atom is 0.212 e. The zero-order valence-corrected chi connectivity index (χ0v) is 10.5. The average molecular weight is 306 g/mol. The highest BCUT2D eigenvalue weighted by Gasteiger charge is 2.23. The van der Waals surface area contributed by atoms with E-state index in [0.29, 0.717) is 6.04 Å². The predicted molar refractivity (Wildman–Crippen MR) is 61.8 cm³/mol. The Balaban J connectivity index is 1.99. The van der Waals surface area contributed by atoms with E-state index in [4.69, 9.17) is 0 Å². The molecule has 5 heteroatoms. The lowest BCUT2D eigenvalue weighted by atomic mass is 9.85. The fraction of sp³-hybridized carbons (Fsp3) is 0.889. The molecule has 4 nitrogen and oxygen atoms in total. The monoisotopic (exact) mass is 306 g/mol. The molecule has 0 aliphatic heterocycles. The third kappa shape index (κ3) is 2.07. The van der Waals surface area contributed by atoms with Crippen LogP contribution in [0.2, 0.25) is 0 Å². The van der Waals surface area contributed by atoms with Crippen molar-refractivity contribution in [2.75, 3.05) is 0 Å². The van der Waals surface area contributed by atoms with Crippen LogP contribution in [-0.4, -0.2) is 20.2 Å². The Kier molecular flexibility index (Phi) is 3.35. The van der Waals surface area contributed by atoms with Gasteiger partial charge in [-0.1, -0.05) is 13.3 Å². The molecule has 0 N–H and O–H groups in total. The van der Waals surface area contributed by atoms with Crippen LogP contribution in [-0.2, 0) is 0 Å². The maximum absolute atomic E-state index is 4.04. The molecule has 1 aromatic heterocycles. The second-order valence-corrected chi connectivity index (χ2v) is 4.94. The Bertz CT molecular complexity index is 291. The van der Waals surface area contributed by atoms with E-state index < -0.39 is 0 Å². The Morgan fingerprint density at radius 2 is 2.07 bits per heavy atom. The summed E-state index contributed by atoms with van der Waals surface area (Å²) in [5.41, 5.74) is 0. The van der Waals surface area contributed by atoms with Gasteiger partial charge >= 0.3 is 0 Å². The summed E-state index contributed by atoms with van der Waals surface area (Å²) in [6.07, 6.45) is 6.45. The molecule has 1 heterocycles. The van der Waals surface area contributed by atoms with E-state index in [-0.39, 0.29) is 0 Å². The number of rotatable bonds is 2. The lowest BCUT2D eigenvalue weighted by molar-refractivity contribution is 0.250. The molecular weight excluding hydrogens is 291 g/mol. The van der Waals surface area contributed by atoms with Crippen LogP contribution in [0.25, 0.3) is 0 Å². The van der Waals surface area contributed by atoms with Crippen molar-refractivity contribution in [1.29, 1.82) is 0 Å². The number of tetrazole rings is 1. The fourth-order valence-corrected chi connectivity index (χ4v) is 2.79. The predicted octanol–water partition coefficient (Wildman–Crippen LogP) is 2.42. The van der Waals surface area contributed by atoms with Crippen molar-refractivity contribution in [1.82, 2.24) is 20.2 Å². The minimum absolute atomic E-state index is 0.541. The average Bonchev–Trinajstić information content (AvgIpc) is 2.65. The quantitative estimate of drug-likeness (QED) is 0.788. The van der Waals surface area contributed by atoms with Crippen LogP contribution in [0.4, 0.5) is 0 Å². The van der Waals surface area contributed by atoms with Crippen LogP contribution in [0.1, 0.15) is 45.1 Å². The largest absolute Gasteiger partial charge is 0.218 e. The van der Waals surface area contributed by atoms with Crippen molar-refractivity contribution in [2.24, 2.45) is 5.92 Å². The molecule has 1 aromatic rings. The van der Waals surface area contributed by atoms with Crippen LogP contribution < -0.4 is 0 Å². The van der Waals surface area contributed by atoms with Gasteiger partial charge < -0.3 is 0 Å². The molecule has 78 valence electrons. The zero-order valence-electron chi connectivity index (χ0n) is 8.36. The van der Waals surface area contributed by atoms with Crippen molar-refractivity contribution >= 4 is 22.6 Å². The molecule has 0 radical (unpaired) electrons. The number of hydrogen-bond donors (Lipinski definition) is 0. The summed E-state index contributed by atoms with van der Waals surface area (Å²) in [6.45, 7) is 2.28. The fourth-order valence-electron chi connectivity index (χ4n) is 2.20. The first kappa shape index (κ1) is 10.3. The van der Waals surface area contributed by atoms with Gasteiger partial charge in [0.15, 0.2) is 0 Å². The molecule has 0 bridgehead atoms. The van der Waals surface area contributed by atoms with Crippen LogP contribution in [0.3, 0.4) is 0 Å². The van der Waals surface area contributed by atoms with Crippen molar-refractivity contribution in [3.63, 3.8) is 0 Å². The van der Waals surface area contributed by atoms with Crippen molar-refractivity contribution in [2.45, 2.75) is 45.1 Å². The van der Waals surface area contributed by atoms with E-state index in [2.05, 4.69) is 45.0 Å². The standard InChI is InChI=1S/C9H15IN4/c1-2-7-3-5-8(6-4-7)14-9(10)11-12-13-14/h7-8H,2-6H2,1H3. The maximum atomic E-state index is 4.04. The second kappa shape index (κ2) is 4.55. The summed E-state index contributed by atoms with van der Waals surface area (Å²) in [5.74, 6) is 0.931. The van der Waals surface area contributed by atoms with Gasteiger partial charge in [-0.25, -0.2) is 4.68 Å². The highest BCUT2D eigenvalue weighted by molar-refractivity contribution is 14.1. The van der Waals surface area contributed by atoms with Gasteiger partial charge in [-0.05, 0) is 42.0 Å². The van der Waals surface area contributed by atoms with Gasteiger partial charge in [-0.3, -0.25) is 0 Å². The molecule has 2 rings (SSSR count).